The normalized spacial score (nSPS) is 10.7. The number of carbonyl (C=O) groups excluding carboxylic acids is 1. The van der Waals surface area contributed by atoms with E-state index in [1.807, 2.05) is 28.1 Å². The minimum Gasteiger partial charge on any atom is -0.394 e. The Hall–Kier alpha value is -1.93. The molecule has 146 valence electrons. The average Bonchev–Trinajstić information content (AvgIpc) is 2.63. The zero-order valence-corrected chi connectivity index (χ0v) is 15.8. The Labute approximate surface area is 165 Å². The van der Waals surface area contributed by atoms with Crippen LogP contribution in [0.25, 0.3) is 0 Å². The molecule has 7 nitrogen and oxygen atoms in total. The predicted octanol–water partition coefficient (Wildman–Crippen LogP) is 2.58. The molecule has 0 heterocycles. The largest absolute Gasteiger partial charge is 0.394 e. The van der Waals surface area contributed by atoms with E-state index >= 15 is 0 Å². The number of anilines is 2. The van der Waals surface area contributed by atoms with Crippen LogP contribution in [0.15, 0.2) is 24.3 Å². The molecule has 0 fully saturated rings. The molecule has 2 aromatic rings. The van der Waals surface area contributed by atoms with Crippen molar-refractivity contribution in [1.82, 2.24) is 11.0 Å². The van der Waals surface area contributed by atoms with Gasteiger partial charge in [0.05, 0.1) is 30.2 Å². The third-order valence-electron chi connectivity index (χ3n) is 3.35. The molecule has 0 bridgehead atoms. The van der Waals surface area contributed by atoms with Gasteiger partial charge in [0.2, 0.25) is 0 Å². The summed E-state index contributed by atoms with van der Waals surface area (Å²) in [7, 11) is 0. The topological polar surface area (TPSA) is 103 Å². The van der Waals surface area contributed by atoms with Gasteiger partial charge in [-0.15, -0.1) is 0 Å². The van der Waals surface area contributed by atoms with Gasteiger partial charge in [0.15, 0.2) is 11.6 Å². The Morgan fingerprint density at radius 2 is 1.93 bits per heavy atom. The predicted molar refractivity (Wildman–Crippen MR) is 97.9 cm³/mol. The van der Waals surface area contributed by atoms with Crippen LogP contribution in [0.3, 0.4) is 0 Å². The van der Waals surface area contributed by atoms with E-state index in [2.05, 4.69) is 10.2 Å². The summed E-state index contributed by atoms with van der Waals surface area (Å²) in [6, 6.07) is 4.99. The monoisotopic (exact) mass is 497 g/mol. The molecule has 0 spiro atoms. The Balaban J connectivity index is 2.49. The van der Waals surface area contributed by atoms with Crippen LogP contribution >= 0.6 is 22.6 Å². The highest BCUT2D eigenvalue weighted by atomic mass is 127. The first-order valence-corrected chi connectivity index (χ1v) is 8.59. The minimum absolute atomic E-state index is 0.174. The number of aliphatic hydroxyl groups excluding tert-OH is 1. The van der Waals surface area contributed by atoms with Crippen LogP contribution in [-0.2, 0) is 11.4 Å². The number of carbonyl (C=O) groups is 1. The van der Waals surface area contributed by atoms with Gasteiger partial charge in [0.25, 0.3) is 5.91 Å². The summed E-state index contributed by atoms with van der Waals surface area (Å²) in [5.41, 5.74) is 2.11. The number of aliphatic hydroxyl groups is 1. The van der Waals surface area contributed by atoms with Crippen LogP contribution in [0, 0.1) is 21.0 Å². The fraction of sp³-hybridized carbons (Fsp3) is 0.188. The van der Waals surface area contributed by atoms with E-state index in [4.69, 9.17) is 10.3 Å². The Morgan fingerprint density at radius 3 is 2.56 bits per heavy atom. The Morgan fingerprint density at radius 1 is 1.19 bits per heavy atom. The molecule has 0 saturated heterocycles. The van der Waals surface area contributed by atoms with Crippen LogP contribution in [-0.4, -0.2) is 29.4 Å². The highest BCUT2D eigenvalue weighted by Crippen LogP contribution is 2.30. The lowest BCUT2D eigenvalue weighted by Gasteiger charge is -2.16. The molecule has 0 aliphatic rings. The molecule has 0 aliphatic heterocycles. The summed E-state index contributed by atoms with van der Waals surface area (Å²) >= 11 is 1.88. The van der Waals surface area contributed by atoms with Gasteiger partial charge in [-0.2, -0.15) is 0 Å². The van der Waals surface area contributed by atoms with Crippen molar-refractivity contribution in [2.45, 2.75) is 6.54 Å². The molecule has 27 heavy (non-hydrogen) atoms. The maximum Gasteiger partial charge on any atom is 0.277 e. The van der Waals surface area contributed by atoms with Gasteiger partial charge >= 0.3 is 0 Å². The molecule has 11 heteroatoms. The van der Waals surface area contributed by atoms with E-state index in [1.54, 1.807) is 5.48 Å². The Bertz CT molecular complexity index is 839. The molecular weight excluding hydrogens is 482 g/mol. The number of hydrogen-bond acceptors (Lipinski definition) is 6. The minimum atomic E-state index is -1.44. The second kappa shape index (κ2) is 9.85. The number of amides is 1. The van der Waals surface area contributed by atoms with E-state index in [1.165, 1.54) is 18.2 Å². The molecule has 0 unspecified atom stereocenters. The van der Waals surface area contributed by atoms with Crippen LogP contribution in [0.4, 0.5) is 24.5 Å². The molecule has 1 amide bonds. The lowest BCUT2D eigenvalue weighted by atomic mass is 10.1. The van der Waals surface area contributed by atoms with Crippen molar-refractivity contribution in [3.05, 3.63) is 56.4 Å². The second-order valence-electron chi connectivity index (χ2n) is 5.17. The van der Waals surface area contributed by atoms with Gasteiger partial charge in [-0.25, -0.2) is 24.1 Å². The molecule has 0 aromatic heterocycles. The van der Waals surface area contributed by atoms with E-state index in [0.717, 1.165) is 6.07 Å². The summed E-state index contributed by atoms with van der Waals surface area (Å²) in [5, 5.41) is 19.8. The van der Waals surface area contributed by atoms with E-state index in [9.17, 15) is 18.0 Å². The lowest BCUT2D eigenvalue weighted by molar-refractivity contribution is 0.0168. The summed E-state index contributed by atoms with van der Waals surface area (Å²) in [4.78, 5) is 16.9. The molecule has 5 N–H and O–H groups in total. The summed E-state index contributed by atoms with van der Waals surface area (Å²) in [6.45, 7) is -1.08. The van der Waals surface area contributed by atoms with Crippen molar-refractivity contribution in [2.24, 2.45) is 0 Å². The van der Waals surface area contributed by atoms with Crippen LogP contribution in [0.2, 0.25) is 0 Å². The van der Waals surface area contributed by atoms with Gasteiger partial charge < -0.3 is 15.6 Å². The zero-order chi connectivity index (χ0) is 20.0. The molecule has 2 aromatic carbocycles. The fourth-order valence-electron chi connectivity index (χ4n) is 2.14. The SMILES string of the molecule is O=C(NOCCO)c1cc(CNO)c(F)c(F)c1Nc1ccc(I)cc1F. The van der Waals surface area contributed by atoms with Crippen LogP contribution < -0.4 is 16.3 Å². The highest BCUT2D eigenvalue weighted by Gasteiger charge is 2.23. The number of rotatable bonds is 8. The zero-order valence-electron chi connectivity index (χ0n) is 13.7. The quantitative estimate of drug-likeness (QED) is 0.219. The van der Waals surface area contributed by atoms with Crippen molar-refractivity contribution in [1.29, 1.82) is 0 Å². The maximum absolute atomic E-state index is 14.6. The first-order chi connectivity index (χ1) is 12.9. The molecule has 0 atom stereocenters. The second-order valence-corrected chi connectivity index (χ2v) is 6.42. The van der Waals surface area contributed by atoms with Gasteiger partial charge in [0.1, 0.15) is 5.82 Å². The fourth-order valence-corrected chi connectivity index (χ4v) is 2.59. The van der Waals surface area contributed by atoms with Gasteiger partial charge in [0, 0.05) is 15.7 Å². The van der Waals surface area contributed by atoms with Crippen molar-refractivity contribution >= 4 is 39.9 Å². The van der Waals surface area contributed by atoms with Crippen LogP contribution in [0.5, 0.6) is 0 Å². The number of nitrogens with one attached hydrogen (secondary N) is 3. The summed E-state index contributed by atoms with van der Waals surface area (Å²) in [6.07, 6.45) is 0. The number of hydroxylamine groups is 2. The number of hydrogen-bond donors (Lipinski definition) is 5. The molecular formula is C16H15F3IN3O4. The smallest absolute Gasteiger partial charge is 0.277 e. The molecule has 0 radical (unpaired) electrons. The van der Waals surface area contributed by atoms with E-state index < -0.39 is 41.2 Å². The van der Waals surface area contributed by atoms with Crippen molar-refractivity contribution in [3.63, 3.8) is 0 Å². The summed E-state index contributed by atoms with van der Waals surface area (Å²) in [5.74, 6) is -4.45. The van der Waals surface area contributed by atoms with Crippen molar-refractivity contribution in [2.75, 3.05) is 18.5 Å². The van der Waals surface area contributed by atoms with Crippen molar-refractivity contribution < 1.29 is 33.1 Å². The Kier molecular flexibility index (Phi) is 7.79. The summed E-state index contributed by atoms with van der Waals surface area (Å²) < 4.78 is 43.4. The third kappa shape index (κ3) is 5.29. The molecule has 2 rings (SSSR count). The standard InChI is InChI=1S/C16H15F3IN3O4/c17-11-6-9(20)1-2-12(11)22-15-10(16(25)23-27-4-3-24)5-8(7-21-26)13(18)14(15)19/h1-2,5-6,21-22,24,26H,3-4,7H2,(H,23,25). The van der Waals surface area contributed by atoms with Gasteiger partial charge in [-0.05, 0) is 46.9 Å². The highest BCUT2D eigenvalue weighted by molar-refractivity contribution is 14.1. The van der Waals surface area contributed by atoms with Gasteiger partial charge in [-0.3, -0.25) is 9.63 Å². The maximum atomic E-state index is 14.6. The first kappa shape index (κ1) is 21.4. The molecule has 0 saturated carbocycles. The van der Waals surface area contributed by atoms with Gasteiger partial charge in [-0.1, -0.05) is 0 Å². The third-order valence-corrected chi connectivity index (χ3v) is 4.02. The average molecular weight is 497 g/mol. The van der Waals surface area contributed by atoms with E-state index in [0.29, 0.717) is 3.57 Å². The first-order valence-electron chi connectivity index (χ1n) is 7.52. The lowest BCUT2D eigenvalue weighted by Crippen LogP contribution is -2.27. The number of halogens is 4. The van der Waals surface area contributed by atoms with Crippen molar-refractivity contribution in [3.8, 4) is 0 Å². The van der Waals surface area contributed by atoms with E-state index in [-0.39, 0.29) is 24.5 Å². The van der Waals surface area contributed by atoms with Crippen LogP contribution in [0.1, 0.15) is 15.9 Å². The molecule has 0 aliphatic carbocycles. The number of benzene rings is 2.